The molecule has 0 aliphatic rings. The predicted molar refractivity (Wildman–Crippen MR) is 78.1 cm³/mol. The second-order valence-electron chi connectivity index (χ2n) is 4.71. The highest BCUT2D eigenvalue weighted by atomic mass is 16.1. The molecular weight excluding hydrogens is 266 g/mol. The summed E-state index contributed by atoms with van der Waals surface area (Å²) in [5, 5.41) is 13.8. The summed E-state index contributed by atoms with van der Waals surface area (Å²) < 4.78 is 1.68. The minimum absolute atomic E-state index is 0.155. The van der Waals surface area contributed by atoms with Gasteiger partial charge in [-0.1, -0.05) is 18.2 Å². The van der Waals surface area contributed by atoms with Crippen LogP contribution in [0.1, 0.15) is 21.6 Å². The van der Waals surface area contributed by atoms with Crippen molar-refractivity contribution in [2.45, 2.75) is 13.5 Å². The molecule has 1 aromatic carbocycles. The lowest BCUT2D eigenvalue weighted by Crippen LogP contribution is -2.22. The topological polar surface area (TPSA) is 75.6 Å². The molecule has 0 saturated heterocycles. The van der Waals surface area contributed by atoms with E-state index in [2.05, 4.69) is 20.6 Å². The Morgan fingerprint density at radius 1 is 1.29 bits per heavy atom. The van der Waals surface area contributed by atoms with Gasteiger partial charge in [-0.05, 0) is 19.1 Å². The molecular formula is C15H15N5O. The zero-order chi connectivity index (χ0) is 14.7. The molecule has 1 amide bonds. The third kappa shape index (κ3) is 2.84. The SMILES string of the molecule is Cc1[nH]ncc1CNC(=O)c1cnn(-c2ccccc2)c1. The van der Waals surface area contributed by atoms with Gasteiger partial charge in [-0.25, -0.2) is 4.68 Å². The minimum atomic E-state index is -0.155. The molecule has 0 bridgehead atoms. The maximum Gasteiger partial charge on any atom is 0.254 e. The van der Waals surface area contributed by atoms with Crippen LogP contribution in [0.25, 0.3) is 5.69 Å². The van der Waals surface area contributed by atoms with E-state index >= 15 is 0 Å². The average molecular weight is 281 g/mol. The summed E-state index contributed by atoms with van der Waals surface area (Å²) in [7, 11) is 0. The van der Waals surface area contributed by atoms with Gasteiger partial charge in [-0.15, -0.1) is 0 Å². The standard InChI is InChI=1S/C15H15N5O/c1-11-12(8-17-19-11)7-16-15(21)13-9-18-20(10-13)14-5-3-2-4-6-14/h2-6,8-10H,7H2,1H3,(H,16,21)(H,17,19). The number of carbonyl (C=O) groups is 1. The fraction of sp³-hybridized carbons (Fsp3) is 0.133. The normalized spacial score (nSPS) is 10.5. The fourth-order valence-corrected chi connectivity index (χ4v) is 1.99. The number of amides is 1. The summed E-state index contributed by atoms with van der Waals surface area (Å²) >= 11 is 0. The molecule has 0 spiro atoms. The largest absolute Gasteiger partial charge is 0.348 e. The Hall–Kier alpha value is -2.89. The lowest BCUT2D eigenvalue weighted by molar-refractivity contribution is 0.0951. The van der Waals surface area contributed by atoms with Gasteiger partial charge in [0.1, 0.15) is 0 Å². The number of benzene rings is 1. The number of hydrogen-bond acceptors (Lipinski definition) is 3. The molecule has 6 heteroatoms. The van der Waals surface area contributed by atoms with Crippen LogP contribution in [0.5, 0.6) is 0 Å². The van der Waals surface area contributed by atoms with Crippen molar-refractivity contribution < 1.29 is 4.79 Å². The predicted octanol–water partition coefficient (Wildman–Crippen LogP) is 1.83. The van der Waals surface area contributed by atoms with Gasteiger partial charge in [-0.3, -0.25) is 9.89 Å². The van der Waals surface area contributed by atoms with Gasteiger partial charge >= 0.3 is 0 Å². The van der Waals surface area contributed by atoms with Gasteiger partial charge in [0.25, 0.3) is 5.91 Å². The quantitative estimate of drug-likeness (QED) is 0.766. The molecule has 2 heterocycles. The van der Waals surface area contributed by atoms with Crippen molar-refractivity contribution in [1.29, 1.82) is 0 Å². The van der Waals surface area contributed by atoms with Crippen molar-refractivity contribution in [2.24, 2.45) is 0 Å². The highest BCUT2D eigenvalue weighted by Gasteiger charge is 2.10. The number of H-pyrrole nitrogens is 1. The summed E-state index contributed by atoms with van der Waals surface area (Å²) in [6.45, 7) is 2.36. The second kappa shape index (κ2) is 5.62. The van der Waals surface area contributed by atoms with Crippen LogP contribution in [0, 0.1) is 6.92 Å². The Balaban J connectivity index is 1.69. The highest BCUT2D eigenvalue weighted by Crippen LogP contribution is 2.08. The number of aryl methyl sites for hydroxylation is 1. The molecule has 0 fully saturated rings. The number of rotatable bonds is 4. The van der Waals surface area contributed by atoms with Crippen molar-refractivity contribution in [3.8, 4) is 5.69 Å². The highest BCUT2D eigenvalue weighted by molar-refractivity contribution is 5.93. The van der Waals surface area contributed by atoms with Crippen molar-refractivity contribution >= 4 is 5.91 Å². The molecule has 0 aliphatic heterocycles. The summed E-state index contributed by atoms with van der Waals surface area (Å²) in [6, 6.07) is 9.66. The molecule has 3 aromatic rings. The maximum absolute atomic E-state index is 12.1. The van der Waals surface area contributed by atoms with Gasteiger partial charge in [-0.2, -0.15) is 10.2 Å². The van der Waals surface area contributed by atoms with E-state index in [1.165, 1.54) is 0 Å². The molecule has 3 rings (SSSR count). The average Bonchev–Trinajstić information content (AvgIpc) is 3.15. The van der Waals surface area contributed by atoms with E-state index in [0.29, 0.717) is 12.1 Å². The Morgan fingerprint density at radius 2 is 2.10 bits per heavy atom. The summed E-state index contributed by atoms with van der Waals surface area (Å²) in [5.41, 5.74) is 3.37. The third-order valence-electron chi connectivity index (χ3n) is 3.24. The number of hydrogen-bond donors (Lipinski definition) is 2. The number of para-hydroxylation sites is 1. The van der Waals surface area contributed by atoms with Gasteiger partial charge in [0, 0.05) is 24.0 Å². The molecule has 2 aromatic heterocycles. The van der Waals surface area contributed by atoms with Gasteiger partial charge in [0.15, 0.2) is 0 Å². The Bertz CT molecular complexity index is 744. The van der Waals surface area contributed by atoms with Crippen LogP contribution in [0.4, 0.5) is 0 Å². The van der Waals surface area contributed by atoms with E-state index in [0.717, 1.165) is 16.9 Å². The molecule has 0 unspecified atom stereocenters. The van der Waals surface area contributed by atoms with Crippen molar-refractivity contribution in [3.63, 3.8) is 0 Å². The third-order valence-corrected chi connectivity index (χ3v) is 3.24. The van der Waals surface area contributed by atoms with Crippen LogP contribution >= 0.6 is 0 Å². The van der Waals surface area contributed by atoms with Gasteiger partial charge < -0.3 is 5.32 Å². The molecule has 106 valence electrons. The summed E-state index contributed by atoms with van der Waals surface area (Å²) in [4.78, 5) is 12.1. The summed E-state index contributed by atoms with van der Waals surface area (Å²) in [5.74, 6) is -0.155. The lowest BCUT2D eigenvalue weighted by atomic mass is 10.2. The van der Waals surface area contributed by atoms with Crippen molar-refractivity contribution in [3.05, 3.63) is 65.7 Å². The van der Waals surface area contributed by atoms with Gasteiger partial charge in [0.05, 0.1) is 23.6 Å². The fourth-order valence-electron chi connectivity index (χ4n) is 1.99. The van der Waals surface area contributed by atoms with E-state index in [4.69, 9.17) is 0 Å². The Morgan fingerprint density at radius 3 is 2.81 bits per heavy atom. The van der Waals surface area contributed by atoms with Crippen LogP contribution in [-0.4, -0.2) is 25.9 Å². The van der Waals surface area contributed by atoms with E-state index in [-0.39, 0.29) is 5.91 Å². The molecule has 2 N–H and O–H groups in total. The molecule has 6 nitrogen and oxygen atoms in total. The van der Waals surface area contributed by atoms with Crippen LogP contribution in [0.2, 0.25) is 0 Å². The second-order valence-corrected chi connectivity index (χ2v) is 4.71. The molecule has 0 radical (unpaired) electrons. The number of aromatic nitrogens is 4. The minimum Gasteiger partial charge on any atom is -0.348 e. The van der Waals surface area contributed by atoms with E-state index in [1.807, 2.05) is 37.3 Å². The first-order valence-corrected chi connectivity index (χ1v) is 6.61. The first kappa shape index (κ1) is 13.1. The number of carbonyl (C=O) groups excluding carboxylic acids is 1. The summed E-state index contributed by atoms with van der Waals surface area (Å²) in [6.07, 6.45) is 4.99. The maximum atomic E-state index is 12.1. The number of nitrogens with zero attached hydrogens (tertiary/aromatic N) is 3. The van der Waals surface area contributed by atoms with Crippen molar-refractivity contribution in [2.75, 3.05) is 0 Å². The monoisotopic (exact) mass is 281 g/mol. The van der Waals surface area contributed by atoms with Gasteiger partial charge in [0.2, 0.25) is 0 Å². The number of nitrogens with one attached hydrogen (secondary N) is 2. The van der Waals surface area contributed by atoms with Crippen LogP contribution < -0.4 is 5.32 Å². The first-order chi connectivity index (χ1) is 10.2. The van der Waals surface area contributed by atoms with Crippen LogP contribution in [-0.2, 0) is 6.54 Å². The van der Waals surface area contributed by atoms with E-state index in [1.54, 1.807) is 23.3 Å². The number of aromatic amines is 1. The lowest BCUT2D eigenvalue weighted by Gasteiger charge is -2.02. The van der Waals surface area contributed by atoms with E-state index in [9.17, 15) is 4.79 Å². The van der Waals surface area contributed by atoms with Crippen LogP contribution in [0.3, 0.4) is 0 Å². The van der Waals surface area contributed by atoms with Crippen LogP contribution in [0.15, 0.2) is 48.9 Å². The first-order valence-electron chi connectivity index (χ1n) is 6.61. The molecule has 0 aliphatic carbocycles. The van der Waals surface area contributed by atoms with Crippen molar-refractivity contribution in [1.82, 2.24) is 25.3 Å². The van der Waals surface area contributed by atoms with E-state index < -0.39 is 0 Å². The Kier molecular flexibility index (Phi) is 3.51. The molecule has 0 atom stereocenters. The Labute approximate surface area is 121 Å². The zero-order valence-electron chi connectivity index (χ0n) is 11.6. The smallest absolute Gasteiger partial charge is 0.254 e. The zero-order valence-corrected chi connectivity index (χ0v) is 11.6. The molecule has 21 heavy (non-hydrogen) atoms. The molecule has 0 saturated carbocycles.